The van der Waals surface area contributed by atoms with Gasteiger partial charge in [0.1, 0.15) is 5.56 Å². The van der Waals surface area contributed by atoms with E-state index in [1.54, 1.807) is 33.4 Å². The van der Waals surface area contributed by atoms with Crippen LogP contribution in [-0.4, -0.2) is 9.13 Å². The van der Waals surface area contributed by atoms with Gasteiger partial charge in [-0.05, 0) is 146 Å². The third-order valence-electron chi connectivity index (χ3n) is 12.7. The third-order valence-corrected chi connectivity index (χ3v) is 12.7. The molecule has 0 aliphatic heterocycles. The molecular weight excluding hydrogens is 815 g/mol. The first-order valence-corrected chi connectivity index (χ1v) is 21.1. The highest BCUT2D eigenvalue weighted by Crippen LogP contribution is 2.48. The standard InChI is InChI=1S/C56H42F6N2/c1-31-22-33(3)52(34(4)23-31)38-18-20-44-42-14-7-9-16-46(42)63(48(44)27-38)50-29-40(37-12-11-13-41(26-37)55(57,58)59)30-51(54(50)56(60,61)62)64-47-17-10-8-15-43(47)45-21-19-39(28-49(45)64)53-35(5)24-32(2)25-36(53)6/h7-30H,1-6H3. The zero-order valence-electron chi connectivity index (χ0n) is 36.0. The maximum atomic E-state index is 16.6. The van der Waals surface area contributed by atoms with Crippen LogP contribution in [0.3, 0.4) is 0 Å². The van der Waals surface area contributed by atoms with Gasteiger partial charge in [0, 0.05) is 21.5 Å². The number of hydrogen-bond donors (Lipinski definition) is 0. The average Bonchev–Trinajstić information content (AvgIpc) is 3.74. The van der Waals surface area contributed by atoms with E-state index in [0.29, 0.717) is 22.1 Å². The van der Waals surface area contributed by atoms with Crippen molar-refractivity contribution in [3.8, 4) is 44.8 Å². The fraction of sp³-hybridized carbons (Fsp3) is 0.143. The van der Waals surface area contributed by atoms with E-state index in [1.807, 2.05) is 102 Å². The summed E-state index contributed by atoms with van der Waals surface area (Å²) in [6.07, 6.45) is -9.63. The van der Waals surface area contributed by atoms with Gasteiger partial charge in [-0.25, -0.2) is 0 Å². The Morgan fingerprint density at radius 3 is 1.19 bits per heavy atom. The molecule has 10 rings (SSSR count). The molecule has 10 aromatic rings. The Morgan fingerprint density at radius 2 is 0.766 bits per heavy atom. The first-order valence-electron chi connectivity index (χ1n) is 21.1. The van der Waals surface area contributed by atoms with Gasteiger partial charge in [0.15, 0.2) is 0 Å². The quantitative estimate of drug-likeness (QED) is 0.153. The van der Waals surface area contributed by atoms with Crippen molar-refractivity contribution in [3.63, 3.8) is 0 Å². The molecular formula is C56H42F6N2. The normalized spacial score (nSPS) is 12.4. The number of rotatable bonds is 5. The maximum absolute atomic E-state index is 16.6. The van der Waals surface area contributed by atoms with E-state index < -0.39 is 23.5 Å². The van der Waals surface area contributed by atoms with Crippen molar-refractivity contribution >= 4 is 43.6 Å². The number of para-hydroxylation sites is 2. The molecule has 318 valence electrons. The van der Waals surface area contributed by atoms with Crippen LogP contribution in [0, 0.1) is 41.5 Å². The van der Waals surface area contributed by atoms with Gasteiger partial charge >= 0.3 is 12.4 Å². The summed E-state index contributed by atoms with van der Waals surface area (Å²) in [6.45, 7) is 12.2. The average molecular weight is 857 g/mol. The van der Waals surface area contributed by atoms with Crippen LogP contribution in [0.25, 0.3) is 88.4 Å². The van der Waals surface area contributed by atoms with Gasteiger partial charge in [0.25, 0.3) is 0 Å². The predicted molar refractivity (Wildman–Crippen MR) is 250 cm³/mol. The van der Waals surface area contributed by atoms with E-state index in [1.165, 1.54) is 24.3 Å². The summed E-state index contributed by atoms with van der Waals surface area (Å²) in [5, 5.41) is 2.97. The van der Waals surface area contributed by atoms with Gasteiger partial charge in [-0.2, -0.15) is 26.3 Å². The summed E-state index contributed by atoms with van der Waals surface area (Å²) in [4.78, 5) is 0. The molecule has 0 amide bonds. The van der Waals surface area contributed by atoms with E-state index in [9.17, 15) is 13.2 Å². The predicted octanol–water partition coefficient (Wildman–Crippen LogP) is 16.8. The van der Waals surface area contributed by atoms with Gasteiger partial charge in [0.2, 0.25) is 0 Å². The second kappa shape index (κ2) is 14.8. The summed E-state index contributed by atoms with van der Waals surface area (Å²) in [5.74, 6) is 0. The molecule has 0 atom stereocenters. The smallest absolute Gasteiger partial charge is 0.309 e. The van der Waals surface area contributed by atoms with Crippen LogP contribution < -0.4 is 0 Å². The van der Waals surface area contributed by atoms with Crippen LogP contribution in [-0.2, 0) is 12.4 Å². The molecule has 0 saturated heterocycles. The van der Waals surface area contributed by atoms with E-state index in [2.05, 4.69) is 24.3 Å². The molecule has 0 radical (unpaired) electrons. The molecule has 8 heteroatoms. The number of nitrogens with zero attached hydrogens (tertiary/aromatic N) is 2. The highest BCUT2D eigenvalue weighted by atomic mass is 19.4. The second-order valence-electron chi connectivity index (χ2n) is 17.2. The van der Waals surface area contributed by atoms with Crippen molar-refractivity contribution in [1.82, 2.24) is 9.13 Å². The van der Waals surface area contributed by atoms with Gasteiger partial charge < -0.3 is 9.13 Å². The molecule has 64 heavy (non-hydrogen) atoms. The highest BCUT2D eigenvalue weighted by Gasteiger charge is 2.40. The summed E-state index contributed by atoms with van der Waals surface area (Å²) in [6, 6.07) is 42.5. The Balaban J connectivity index is 1.38. The largest absolute Gasteiger partial charge is 0.420 e. The van der Waals surface area contributed by atoms with E-state index in [4.69, 9.17) is 0 Å². The molecule has 2 nitrogen and oxygen atoms in total. The van der Waals surface area contributed by atoms with Gasteiger partial charge in [-0.1, -0.05) is 108 Å². The summed E-state index contributed by atoms with van der Waals surface area (Å²) < 4.78 is 96.3. The lowest BCUT2D eigenvalue weighted by Crippen LogP contribution is -2.16. The fourth-order valence-corrected chi connectivity index (χ4v) is 10.3. The van der Waals surface area contributed by atoms with Crippen molar-refractivity contribution in [1.29, 1.82) is 0 Å². The molecule has 0 saturated carbocycles. The molecule has 0 unspecified atom stereocenters. The molecule has 2 heterocycles. The molecule has 0 bridgehead atoms. The third kappa shape index (κ3) is 6.66. The van der Waals surface area contributed by atoms with Crippen molar-refractivity contribution in [2.24, 2.45) is 0 Å². The minimum absolute atomic E-state index is 0.130. The topological polar surface area (TPSA) is 9.86 Å². The maximum Gasteiger partial charge on any atom is 0.420 e. The first-order chi connectivity index (χ1) is 30.5. The number of halogens is 6. The lowest BCUT2D eigenvalue weighted by Gasteiger charge is -2.23. The van der Waals surface area contributed by atoms with Crippen molar-refractivity contribution in [2.45, 2.75) is 53.9 Å². The number of alkyl halides is 6. The van der Waals surface area contributed by atoms with Crippen LogP contribution in [0.15, 0.2) is 146 Å². The Kier molecular flexibility index (Phi) is 9.45. The Bertz CT molecular complexity index is 3300. The molecule has 0 aliphatic rings. The van der Waals surface area contributed by atoms with Crippen molar-refractivity contribution in [3.05, 3.63) is 190 Å². The van der Waals surface area contributed by atoms with Gasteiger partial charge in [0.05, 0.1) is 39.0 Å². The zero-order chi connectivity index (χ0) is 45.0. The molecule has 0 spiro atoms. The van der Waals surface area contributed by atoms with Crippen LogP contribution >= 0.6 is 0 Å². The molecule has 0 N–H and O–H groups in total. The minimum atomic E-state index is -4.95. The lowest BCUT2D eigenvalue weighted by atomic mass is 9.93. The van der Waals surface area contributed by atoms with Crippen LogP contribution in [0.5, 0.6) is 0 Å². The fourth-order valence-electron chi connectivity index (χ4n) is 10.3. The molecule has 0 fully saturated rings. The Labute approximate surface area is 366 Å². The highest BCUT2D eigenvalue weighted by molar-refractivity contribution is 6.12. The molecule has 0 aliphatic carbocycles. The zero-order valence-corrected chi connectivity index (χ0v) is 36.0. The van der Waals surface area contributed by atoms with Crippen molar-refractivity contribution < 1.29 is 26.3 Å². The van der Waals surface area contributed by atoms with Gasteiger partial charge in [-0.15, -0.1) is 0 Å². The second-order valence-corrected chi connectivity index (χ2v) is 17.2. The SMILES string of the molecule is Cc1cc(C)c(-c2ccc3c4ccccc4n(-c4cc(-c5cccc(C(F)(F)F)c5)cc(-n5c6ccccc6c6ccc(-c7c(C)cc(C)cc7C)cc65)c4C(F)(F)F)c3c2)c(C)c1. The summed E-state index contributed by atoms with van der Waals surface area (Å²) in [5.41, 5.74) is 10.2. The van der Waals surface area contributed by atoms with E-state index in [0.717, 1.165) is 89.3 Å². The molecule has 2 aromatic heterocycles. The van der Waals surface area contributed by atoms with E-state index >= 15 is 13.2 Å². The summed E-state index contributed by atoms with van der Waals surface area (Å²) >= 11 is 0. The lowest BCUT2D eigenvalue weighted by molar-refractivity contribution is -0.138. The van der Waals surface area contributed by atoms with E-state index in [-0.39, 0.29) is 22.5 Å². The van der Waals surface area contributed by atoms with Crippen LogP contribution in [0.4, 0.5) is 26.3 Å². The Morgan fingerprint density at radius 1 is 0.344 bits per heavy atom. The van der Waals surface area contributed by atoms with Gasteiger partial charge in [-0.3, -0.25) is 0 Å². The number of hydrogen-bond acceptors (Lipinski definition) is 0. The summed E-state index contributed by atoms with van der Waals surface area (Å²) in [7, 11) is 0. The van der Waals surface area contributed by atoms with Crippen LogP contribution in [0.2, 0.25) is 0 Å². The monoisotopic (exact) mass is 856 g/mol. The minimum Gasteiger partial charge on any atom is -0.309 e. The number of fused-ring (bicyclic) bond motifs is 6. The Hall–Kier alpha value is -7.06. The van der Waals surface area contributed by atoms with Crippen molar-refractivity contribution in [2.75, 3.05) is 0 Å². The molecule has 8 aromatic carbocycles. The number of benzene rings is 8. The van der Waals surface area contributed by atoms with Crippen LogP contribution in [0.1, 0.15) is 44.5 Å². The first kappa shape index (κ1) is 41.0. The number of aromatic nitrogens is 2. The number of aryl methyl sites for hydroxylation is 6.